The van der Waals surface area contributed by atoms with E-state index in [-0.39, 0.29) is 24.2 Å². The molecular formula is C13H15Cl2FNO4P. The zero-order valence-corrected chi connectivity index (χ0v) is 14.3. The van der Waals surface area contributed by atoms with Gasteiger partial charge in [-0.05, 0) is 38.1 Å². The van der Waals surface area contributed by atoms with E-state index in [1.54, 1.807) is 13.8 Å². The Balaban J connectivity index is 3.07. The van der Waals surface area contributed by atoms with Gasteiger partial charge in [0.15, 0.2) is 5.44 Å². The Kier molecular flexibility index (Phi) is 7.53. The predicted octanol–water partition coefficient (Wildman–Crippen LogP) is 4.43. The summed E-state index contributed by atoms with van der Waals surface area (Å²) < 4.78 is 35.2. The van der Waals surface area contributed by atoms with Crippen molar-refractivity contribution in [2.24, 2.45) is 0 Å². The summed E-state index contributed by atoms with van der Waals surface area (Å²) in [6.45, 7) is 3.34. The van der Waals surface area contributed by atoms with Crippen molar-refractivity contribution in [1.29, 1.82) is 0 Å². The van der Waals surface area contributed by atoms with Gasteiger partial charge < -0.3 is 14.4 Å². The maximum absolute atomic E-state index is 12.9. The third-order valence-corrected chi connectivity index (χ3v) is 5.11. The van der Waals surface area contributed by atoms with Crippen LogP contribution in [-0.4, -0.2) is 19.1 Å². The normalized spacial score (nSPS) is 11.1. The summed E-state index contributed by atoms with van der Waals surface area (Å²) in [6, 6.07) is 4.75. The Hall–Kier alpha value is -0.910. The Labute approximate surface area is 137 Å². The van der Waals surface area contributed by atoms with Gasteiger partial charge in [-0.3, -0.25) is 9.36 Å². The molecule has 0 spiro atoms. The van der Waals surface area contributed by atoms with E-state index in [2.05, 4.69) is 5.32 Å². The maximum Gasteiger partial charge on any atom is 0.379 e. The van der Waals surface area contributed by atoms with Crippen LogP contribution in [0.4, 0.5) is 4.39 Å². The smallest absolute Gasteiger partial charge is 0.313 e. The van der Waals surface area contributed by atoms with Crippen LogP contribution in [-0.2, 0) is 13.6 Å². The van der Waals surface area contributed by atoms with Crippen molar-refractivity contribution in [3.8, 4) is 0 Å². The second kappa shape index (κ2) is 8.65. The van der Waals surface area contributed by atoms with E-state index in [9.17, 15) is 13.8 Å². The lowest BCUT2D eigenvalue weighted by Crippen LogP contribution is -2.24. The Morgan fingerprint density at radius 2 is 1.68 bits per heavy atom. The highest BCUT2D eigenvalue weighted by Crippen LogP contribution is 2.56. The molecule has 0 heterocycles. The molecule has 1 aromatic rings. The highest BCUT2D eigenvalue weighted by molar-refractivity contribution is 7.58. The first-order chi connectivity index (χ1) is 10.3. The summed E-state index contributed by atoms with van der Waals surface area (Å²) in [4.78, 5) is 12.1. The van der Waals surface area contributed by atoms with Crippen LogP contribution in [0.15, 0.2) is 34.2 Å². The van der Waals surface area contributed by atoms with Crippen LogP contribution in [0.5, 0.6) is 0 Å². The molecule has 122 valence electrons. The number of carbonyl (C=O) groups excluding carboxylic acids is 1. The Bertz CT molecular complexity index is 593. The van der Waals surface area contributed by atoms with E-state index in [1.165, 1.54) is 12.1 Å². The first kappa shape index (κ1) is 19.1. The zero-order valence-electron chi connectivity index (χ0n) is 11.9. The molecule has 0 radical (unpaired) electrons. The molecule has 0 unspecified atom stereocenters. The van der Waals surface area contributed by atoms with E-state index in [0.717, 1.165) is 12.1 Å². The molecule has 9 heteroatoms. The number of carbonyl (C=O) groups is 1. The minimum atomic E-state index is -3.86. The van der Waals surface area contributed by atoms with E-state index < -0.39 is 23.8 Å². The quantitative estimate of drug-likeness (QED) is 0.722. The van der Waals surface area contributed by atoms with E-state index in [1.807, 2.05) is 0 Å². The van der Waals surface area contributed by atoms with Crippen LogP contribution in [0.3, 0.4) is 0 Å². The molecule has 0 bridgehead atoms. The van der Waals surface area contributed by atoms with Gasteiger partial charge in [0, 0.05) is 5.56 Å². The van der Waals surface area contributed by atoms with E-state index in [4.69, 9.17) is 32.2 Å². The average molecular weight is 370 g/mol. The minimum Gasteiger partial charge on any atom is -0.313 e. The number of rotatable bonds is 7. The first-order valence-corrected chi connectivity index (χ1v) is 8.65. The van der Waals surface area contributed by atoms with Gasteiger partial charge in [0.25, 0.3) is 5.91 Å². The van der Waals surface area contributed by atoms with Crippen molar-refractivity contribution < 1.29 is 22.8 Å². The lowest BCUT2D eigenvalue weighted by atomic mass is 10.2. The van der Waals surface area contributed by atoms with Crippen molar-refractivity contribution in [3.63, 3.8) is 0 Å². The topological polar surface area (TPSA) is 64.6 Å². The summed E-state index contributed by atoms with van der Waals surface area (Å²) >= 11 is 11.4. The van der Waals surface area contributed by atoms with Gasteiger partial charge in [-0.25, -0.2) is 4.39 Å². The lowest BCUT2D eigenvalue weighted by Gasteiger charge is -2.20. The molecular weight excluding hydrogens is 355 g/mol. The number of halogens is 3. The van der Waals surface area contributed by atoms with Gasteiger partial charge in [0.2, 0.25) is 0 Å². The van der Waals surface area contributed by atoms with Gasteiger partial charge in [-0.15, -0.1) is 0 Å². The molecule has 0 atom stereocenters. The first-order valence-electron chi connectivity index (χ1n) is 6.36. The molecule has 0 saturated heterocycles. The van der Waals surface area contributed by atoms with Crippen LogP contribution in [0, 0.1) is 5.82 Å². The predicted molar refractivity (Wildman–Crippen MR) is 83.5 cm³/mol. The van der Waals surface area contributed by atoms with Crippen molar-refractivity contribution >= 4 is 36.7 Å². The number of hydrogen-bond donors (Lipinski definition) is 1. The molecule has 0 aliphatic carbocycles. The summed E-state index contributed by atoms with van der Waals surface area (Å²) in [5.41, 5.74) is -0.220. The molecule has 0 saturated carbocycles. The second-order valence-corrected chi connectivity index (χ2v) is 6.81. The van der Waals surface area contributed by atoms with Crippen molar-refractivity contribution in [3.05, 3.63) is 45.6 Å². The molecule has 5 nitrogen and oxygen atoms in total. The fourth-order valence-electron chi connectivity index (χ4n) is 1.51. The van der Waals surface area contributed by atoms with Crippen LogP contribution in [0.25, 0.3) is 0 Å². The van der Waals surface area contributed by atoms with Crippen molar-refractivity contribution in [2.45, 2.75) is 13.8 Å². The largest absolute Gasteiger partial charge is 0.379 e. The van der Waals surface area contributed by atoms with E-state index in [0.29, 0.717) is 0 Å². The van der Waals surface area contributed by atoms with Crippen molar-refractivity contribution in [1.82, 2.24) is 5.32 Å². The number of hydrogen-bond acceptors (Lipinski definition) is 4. The van der Waals surface area contributed by atoms with Gasteiger partial charge in [0.1, 0.15) is 10.3 Å². The molecule has 0 aromatic heterocycles. The summed E-state index contributed by atoms with van der Waals surface area (Å²) in [7, 11) is -3.86. The average Bonchev–Trinajstić information content (AvgIpc) is 2.45. The molecule has 0 aliphatic rings. The van der Waals surface area contributed by atoms with Gasteiger partial charge in [-0.2, -0.15) is 0 Å². The highest BCUT2D eigenvalue weighted by atomic mass is 35.5. The SMILES string of the molecule is CCOP(=O)(OCC)C(NC(=O)c1ccc(F)cc1)=C(Cl)Cl. The lowest BCUT2D eigenvalue weighted by molar-refractivity contribution is 0.0964. The number of benzene rings is 1. The molecule has 0 aliphatic heterocycles. The molecule has 1 amide bonds. The standard InChI is InChI=1S/C13H15Cl2FNO4P/c1-3-20-22(19,21-4-2)13(11(14)15)17-12(18)9-5-7-10(16)8-6-9/h5-8H,3-4H2,1-2H3,(H,17,18). The molecule has 0 fully saturated rings. The fourth-order valence-corrected chi connectivity index (χ4v) is 3.68. The fraction of sp³-hybridized carbons (Fsp3) is 0.308. The van der Waals surface area contributed by atoms with E-state index >= 15 is 0 Å². The number of nitrogens with one attached hydrogen (secondary N) is 1. The maximum atomic E-state index is 12.9. The van der Waals surface area contributed by atoms with Crippen LogP contribution in [0.1, 0.15) is 24.2 Å². The molecule has 22 heavy (non-hydrogen) atoms. The third kappa shape index (κ3) is 5.07. The summed E-state index contributed by atoms with van der Waals surface area (Å²) in [5.74, 6) is -1.16. The second-order valence-electron chi connectivity index (χ2n) is 3.90. The van der Waals surface area contributed by atoms with Crippen LogP contribution in [0.2, 0.25) is 0 Å². The van der Waals surface area contributed by atoms with Gasteiger partial charge in [-0.1, -0.05) is 23.2 Å². The van der Waals surface area contributed by atoms with Gasteiger partial charge >= 0.3 is 7.60 Å². The zero-order chi connectivity index (χ0) is 16.8. The van der Waals surface area contributed by atoms with Crippen LogP contribution >= 0.6 is 30.8 Å². The van der Waals surface area contributed by atoms with Gasteiger partial charge in [0.05, 0.1) is 13.2 Å². The highest BCUT2D eigenvalue weighted by Gasteiger charge is 2.34. The molecule has 1 N–H and O–H groups in total. The molecule has 1 rings (SSSR count). The Morgan fingerprint density at radius 3 is 2.09 bits per heavy atom. The van der Waals surface area contributed by atoms with Crippen LogP contribution < -0.4 is 5.32 Å². The minimum absolute atomic E-state index is 0.0637. The third-order valence-electron chi connectivity index (χ3n) is 2.39. The Morgan fingerprint density at radius 1 is 1.18 bits per heavy atom. The summed E-state index contributed by atoms with van der Waals surface area (Å²) in [6.07, 6.45) is 0. The number of amides is 1. The molecule has 1 aromatic carbocycles. The summed E-state index contributed by atoms with van der Waals surface area (Å²) in [5, 5.41) is 2.30. The van der Waals surface area contributed by atoms with Crippen molar-refractivity contribution in [2.75, 3.05) is 13.2 Å². The monoisotopic (exact) mass is 369 g/mol.